The van der Waals surface area contributed by atoms with Crippen LogP contribution in [-0.2, 0) is 19.0 Å². The van der Waals surface area contributed by atoms with E-state index >= 15 is 0 Å². The highest BCUT2D eigenvalue weighted by Crippen LogP contribution is 2.33. The van der Waals surface area contributed by atoms with Gasteiger partial charge < -0.3 is 14.2 Å². The maximum absolute atomic E-state index is 12.8. The minimum Gasteiger partial charge on any atom is -0.463 e. The standard InChI is InChI=1S/C18H22ClN3O6/c1-10(2)27-17(24)21-14(12-6-8-13(19)9-7-12)20-15(16(23)26-5)22(21)18(25)28-11(3)4/h6-11,14H,1-5H3. The molecule has 9 nitrogen and oxygen atoms in total. The van der Waals surface area contributed by atoms with Gasteiger partial charge in [-0.25, -0.2) is 19.4 Å². The first-order valence-corrected chi connectivity index (χ1v) is 8.95. The van der Waals surface area contributed by atoms with Crippen molar-refractivity contribution in [1.82, 2.24) is 10.0 Å². The molecule has 1 aromatic carbocycles. The van der Waals surface area contributed by atoms with Gasteiger partial charge in [0.25, 0.3) is 0 Å². The van der Waals surface area contributed by atoms with Gasteiger partial charge >= 0.3 is 18.2 Å². The normalized spacial score (nSPS) is 16.3. The van der Waals surface area contributed by atoms with E-state index in [1.54, 1.807) is 52.0 Å². The van der Waals surface area contributed by atoms with Gasteiger partial charge in [-0.05, 0) is 45.4 Å². The minimum atomic E-state index is -1.04. The molecule has 0 bridgehead atoms. The summed E-state index contributed by atoms with van der Waals surface area (Å²) < 4.78 is 15.1. The van der Waals surface area contributed by atoms with E-state index in [1.807, 2.05) is 0 Å². The second-order valence-corrected chi connectivity index (χ2v) is 6.83. The number of ether oxygens (including phenoxy) is 3. The van der Waals surface area contributed by atoms with Crippen LogP contribution in [0.15, 0.2) is 29.3 Å². The lowest BCUT2D eigenvalue weighted by atomic mass is 10.2. The molecule has 0 saturated carbocycles. The molecule has 0 saturated heterocycles. The zero-order chi connectivity index (χ0) is 21.0. The zero-order valence-electron chi connectivity index (χ0n) is 16.2. The summed E-state index contributed by atoms with van der Waals surface area (Å²) >= 11 is 5.92. The van der Waals surface area contributed by atoms with Crippen molar-refractivity contribution < 1.29 is 28.6 Å². The number of hydrogen-bond donors (Lipinski definition) is 0. The number of carbonyl (C=O) groups excluding carboxylic acids is 3. The van der Waals surface area contributed by atoms with Crippen LogP contribution in [0.2, 0.25) is 5.02 Å². The van der Waals surface area contributed by atoms with Crippen molar-refractivity contribution in [3.8, 4) is 0 Å². The Kier molecular flexibility index (Phi) is 6.85. The number of halogens is 1. The zero-order valence-corrected chi connectivity index (χ0v) is 17.0. The predicted molar refractivity (Wildman–Crippen MR) is 101 cm³/mol. The lowest BCUT2D eigenvalue weighted by molar-refractivity contribution is -0.134. The summed E-state index contributed by atoms with van der Waals surface area (Å²) in [6, 6.07) is 6.45. The molecular weight excluding hydrogens is 390 g/mol. The molecule has 0 N–H and O–H groups in total. The highest BCUT2D eigenvalue weighted by Gasteiger charge is 2.47. The summed E-state index contributed by atoms with van der Waals surface area (Å²) in [6.45, 7) is 6.58. The fourth-order valence-electron chi connectivity index (χ4n) is 2.38. The van der Waals surface area contributed by atoms with Crippen LogP contribution < -0.4 is 0 Å². The van der Waals surface area contributed by atoms with Crippen molar-refractivity contribution in [1.29, 1.82) is 0 Å². The number of hydrogen-bond acceptors (Lipinski definition) is 7. The molecular formula is C18H22ClN3O6. The van der Waals surface area contributed by atoms with Gasteiger partial charge in [0.2, 0.25) is 5.84 Å². The Morgan fingerprint density at radius 1 is 1.00 bits per heavy atom. The van der Waals surface area contributed by atoms with Crippen molar-refractivity contribution in [2.24, 2.45) is 4.99 Å². The third-order valence-corrected chi connectivity index (χ3v) is 3.71. The third kappa shape index (κ3) is 4.72. The van der Waals surface area contributed by atoms with E-state index in [-0.39, 0.29) is 0 Å². The lowest BCUT2D eigenvalue weighted by Crippen LogP contribution is -2.52. The number of nitrogens with zero attached hydrogens (tertiary/aromatic N) is 3. The largest absolute Gasteiger partial charge is 0.463 e. The molecule has 1 heterocycles. The van der Waals surface area contributed by atoms with Gasteiger partial charge in [0.05, 0.1) is 19.3 Å². The first kappa shape index (κ1) is 21.5. The molecule has 0 aromatic heterocycles. The molecule has 1 atom stereocenters. The molecule has 10 heteroatoms. The van der Waals surface area contributed by atoms with Crippen LogP contribution in [0.1, 0.15) is 39.4 Å². The van der Waals surface area contributed by atoms with E-state index in [1.165, 1.54) is 0 Å². The van der Waals surface area contributed by atoms with E-state index in [2.05, 4.69) is 4.99 Å². The first-order valence-electron chi connectivity index (χ1n) is 8.57. The second-order valence-electron chi connectivity index (χ2n) is 6.39. The fraction of sp³-hybridized carbons (Fsp3) is 0.444. The Morgan fingerprint density at radius 3 is 2.04 bits per heavy atom. The quantitative estimate of drug-likeness (QED) is 0.555. The molecule has 0 radical (unpaired) electrons. The monoisotopic (exact) mass is 411 g/mol. The fourth-order valence-corrected chi connectivity index (χ4v) is 2.51. The number of hydrazine groups is 1. The predicted octanol–water partition coefficient (Wildman–Crippen LogP) is 3.53. The summed E-state index contributed by atoms with van der Waals surface area (Å²) in [6.07, 6.45) is -3.85. The number of rotatable bonds is 4. The van der Waals surface area contributed by atoms with Crippen LogP contribution in [-0.4, -0.2) is 53.3 Å². The summed E-state index contributed by atoms with van der Waals surface area (Å²) in [7, 11) is 1.14. The Hall–Kier alpha value is -2.81. The van der Waals surface area contributed by atoms with Crippen molar-refractivity contribution >= 4 is 35.6 Å². The van der Waals surface area contributed by atoms with Crippen molar-refractivity contribution in [2.45, 2.75) is 46.1 Å². The summed E-state index contributed by atoms with van der Waals surface area (Å²) in [5, 5.41) is 2.13. The van der Waals surface area contributed by atoms with Gasteiger partial charge in [-0.2, -0.15) is 10.0 Å². The molecule has 1 aromatic rings. The highest BCUT2D eigenvalue weighted by molar-refractivity contribution is 6.38. The summed E-state index contributed by atoms with van der Waals surface area (Å²) in [4.78, 5) is 41.9. The average Bonchev–Trinajstić information content (AvgIpc) is 3.01. The molecule has 2 rings (SSSR count). The molecule has 0 fully saturated rings. The number of methoxy groups -OCH3 is 1. The Balaban J connectivity index is 2.54. The number of amidine groups is 1. The maximum Gasteiger partial charge on any atom is 0.435 e. The number of aliphatic imine (C=N–C) groups is 1. The summed E-state index contributed by atoms with van der Waals surface area (Å²) in [5.74, 6) is -1.30. The number of esters is 1. The SMILES string of the molecule is COC(=O)C1=NC(c2ccc(Cl)cc2)N(C(=O)OC(C)C)N1C(=O)OC(C)C. The van der Waals surface area contributed by atoms with Gasteiger partial charge in [-0.1, -0.05) is 23.7 Å². The van der Waals surface area contributed by atoms with E-state index in [9.17, 15) is 14.4 Å². The molecule has 1 aliphatic rings. The second kappa shape index (κ2) is 8.92. The number of amides is 2. The van der Waals surface area contributed by atoms with Gasteiger partial charge in [0.1, 0.15) is 0 Å². The number of carbonyl (C=O) groups is 3. The van der Waals surface area contributed by atoms with Crippen LogP contribution in [0.4, 0.5) is 9.59 Å². The highest BCUT2D eigenvalue weighted by atomic mass is 35.5. The molecule has 1 unspecified atom stereocenters. The van der Waals surface area contributed by atoms with Crippen molar-refractivity contribution in [3.05, 3.63) is 34.9 Å². The molecule has 0 spiro atoms. The number of benzene rings is 1. The van der Waals surface area contributed by atoms with Crippen LogP contribution >= 0.6 is 11.6 Å². The van der Waals surface area contributed by atoms with E-state index in [0.29, 0.717) is 10.6 Å². The van der Waals surface area contributed by atoms with E-state index in [0.717, 1.165) is 17.1 Å². The average molecular weight is 412 g/mol. The van der Waals surface area contributed by atoms with Crippen LogP contribution in [0.3, 0.4) is 0 Å². The Bertz CT molecular complexity index is 778. The van der Waals surface area contributed by atoms with Gasteiger partial charge in [0, 0.05) is 5.02 Å². The van der Waals surface area contributed by atoms with Crippen molar-refractivity contribution in [2.75, 3.05) is 7.11 Å². The van der Waals surface area contributed by atoms with Gasteiger partial charge in [-0.3, -0.25) is 0 Å². The van der Waals surface area contributed by atoms with Gasteiger partial charge in [0.15, 0.2) is 6.17 Å². The first-order chi connectivity index (χ1) is 13.1. The molecule has 152 valence electrons. The minimum absolute atomic E-state index is 0.395. The molecule has 2 amide bonds. The van der Waals surface area contributed by atoms with Crippen LogP contribution in [0, 0.1) is 0 Å². The molecule has 28 heavy (non-hydrogen) atoms. The maximum atomic E-state index is 12.8. The third-order valence-electron chi connectivity index (χ3n) is 3.46. The van der Waals surface area contributed by atoms with Gasteiger partial charge in [-0.15, -0.1) is 0 Å². The Labute approximate surface area is 167 Å². The van der Waals surface area contributed by atoms with Crippen LogP contribution in [0.5, 0.6) is 0 Å². The van der Waals surface area contributed by atoms with Crippen molar-refractivity contribution in [3.63, 3.8) is 0 Å². The van der Waals surface area contributed by atoms with E-state index < -0.39 is 42.4 Å². The Morgan fingerprint density at radius 2 is 1.54 bits per heavy atom. The molecule has 0 aliphatic carbocycles. The topological polar surface area (TPSA) is 97.7 Å². The van der Waals surface area contributed by atoms with Crippen LogP contribution in [0.25, 0.3) is 0 Å². The smallest absolute Gasteiger partial charge is 0.435 e. The lowest BCUT2D eigenvalue weighted by Gasteiger charge is -2.30. The molecule has 1 aliphatic heterocycles. The van der Waals surface area contributed by atoms with E-state index in [4.69, 9.17) is 25.8 Å². The summed E-state index contributed by atoms with van der Waals surface area (Å²) in [5.41, 5.74) is 0.506.